The Balaban J connectivity index is 3.03. The van der Waals surface area contributed by atoms with Crippen LogP contribution in [-0.2, 0) is 0 Å². The smallest absolute Gasteiger partial charge is 0.161 e. The number of aliphatic hydroxyl groups excluding tert-OH is 1. The fraction of sp³-hybridized carbons (Fsp3) is 0.455. The van der Waals surface area contributed by atoms with Gasteiger partial charge in [0.25, 0.3) is 0 Å². The van der Waals surface area contributed by atoms with Gasteiger partial charge in [-0.1, -0.05) is 19.1 Å². The Labute approximate surface area is 89.3 Å². The largest absolute Gasteiger partial charge is 0.504 e. The van der Waals surface area contributed by atoms with E-state index in [9.17, 15) is 10.2 Å². The van der Waals surface area contributed by atoms with Crippen LogP contribution in [0, 0.1) is 0 Å². The lowest BCUT2D eigenvalue weighted by Crippen LogP contribution is -2.25. The average molecular weight is 211 g/mol. The SMILES string of the molecule is COc1cccc(C(C)C(O)CN)c1O. The first-order chi connectivity index (χ1) is 7.11. The van der Waals surface area contributed by atoms with E-state index in [4.69, 9.17) is 10.5 Å². The number of hydrogen-bond donors (Lipinski definition) is 3. The van der Waals surface area contributed by atoms with Crippen molar-refractivity contribution >= 4 is 0 Å². The highest BCUT2D eigenvalue weighted by Crippen LogP contribution is 2.35. The van der Waals surface area contributed by atoms with E-state index < -0.39 is 6.10 Å². The number of hydrogen-bond acceptors (Lipinski definition) is 4. The molecule has 0 radical (unpaired) electrons. The summed E-state index contributed by atoms with van der Waals surface area (Å²) in [4.78, 5) is 0. The molecule has 2 unspecified atom stereocenters. The number of rotatable bonds is 4. The van der Waals surface area contributed by atoms with Gasteiger partial charge < -0.3 is 20.7 Å². The van der Waals surface area contributed by atoms with Crippen LogP contribution in [0.2, 0.25) is 0 Å². The summed E-state index contributed by atoms with van der Waals surface area (Å²) in [5.74, 6) is 0.258. The van der Waals surface area contributed by atoms with Crippen molar-refractivity contribution in [2.45, 2.75) is 18.9 Å². The van der Waals surface area contributed by atoms with Crippen LogP contribution in [0.3, 0.4) is 0 Å². The van der Waals surface area contributed by atoms with Crippen molar-refractivity contribution in [1.29, 1.82) is 0 Å². The number of benzene rings is 1. The van der Waals surface area contributed by atoms with E-state index in [1.54, 1.807) is 18.2 Å². The normalized spacial score (nSPS) is 14.7. The van der Waals surface area contributed by atoms with E-state index in [0.717, 1.165) is 0 Å². The zero-order chi connectivity index (χ0) is 11.4. The van der Waals surface area contributed by atoms with Crippen LogP contribution in [0.5, 0.6) is 11.5 Å². The summed E-state index contributed by atoms with van der Waals surface area (Å²) < 4.78 is 4.99. The molecule has 0 heterocycles. The van der Waals surface area contributed by atoms with E-state index in [0.29, 0.717) is 11.3 Å². The molecule has 4 nitrogen and oxygen atoms in total. The van der Waals surface area contributed by atoms with Gasteiger partial charge in [0.05, 0.1) is 13.2 Å². The molecule has 0 saturated carbocycles. The lowest BCUT2D eigenvalue weighted by atomic mass is 9.94. The van der Waals surface area contributed by atoms with E-state index in [1.807, 2.05) is 6.92 Å². The van der Waals surface area contributed by atoms with Crippen molar-refractivity contribution in [2.75, 3.05) is 13.7 Å². The third-order valence-electron chi connectivity index (χ3n) is 2.56. The van der Waals surface area contributed by atoms with Crippen molar-refractivity contribution in [3.63, 3.8) is 0 Å². The Hall–Kier alpha value is -1.26. The number of phenolic OH excluding ortho intramolecular Hbond substituents is 1. The number of methoxy groups -OCH3 is 1. The average Bonchev–Trinajstić information content (AvgIpc) is 2.27. The molecule has 0 aliphatic rings. The van der Waals surface area contributed by atoms with E-state index in [1.165, 1.54) is 7.11 Å². The first kappa shape index (κ1) is 11.8. The minimum atomic E-state index is -0.664. The summed E-state index contributed by atoms with van der Waals surface area (Å²) in [6, 6.07) is 5.19. The monoisotopic (exact) mass is 211 g/mol. The Kier molecular flexibility index (Phi) is 3.94. The molecule has 0 amide bonds. The van der Waals surface area contributed by atoms with E-state index >= 15 is 0 Å². The predicted molar refractivity (Wildman–Crippen MR) is 58.1 cm³/mol. The number of nitrogens with two attached hydrogens (primary N) is 1. The molecule has 0 aliphatic carbocycles. The molecular formula is C11H17NO3. The molecule has 1 aromatic carbocycles. The van der Waals surface area contributed by atoms with Gasteiger partial charge in [-0.3, -0.25) is 0 Å². The molecule has 0 bridgehead atoms. The Morgan fingerprint density at radius 2 is 2.13 bits per heavy atom. The van der Waals surface area contributed by atoms with E-state index in [-0.39, 0.29) is 18.2 Å². The molecule has 1 aromatic rings. The maximum Gasteiger partial charge on any atom is 0.161 e. The van der Waals surface area contributed by atoms with Crippen molar-refractivity contribution in [3.05, 3.63) is 23.8 Å². The highest BCUT2D eigenvalue weighted by molar-refractivity contribution is 5.47. The standard InChI is InChI=1S/C11H17NO3/c1-7(9(13)6-12)8-4-3-5-10(15-2)11(8)14/h3-5,7,9,13-14H,6,12H2,1-2H3. The summed E-state index contributed by atoms with van der Waals surface area (Å²) in [6.45, 7) is 1.98. The van der Waals surface area contributed by atoms with Crippen LogP contribution in [-0.4, -0.2) is 30.0 Å². The van der Waals surface area contributed by atoms with Crippen molar-refractivity contribution in [1.82, 2.24) is 0 Å². The highest BCUT2D eigenvalue weighted by atomic mass is 16.5. The Morgan fingerprint density at radius 3 is 2.67 bits per heavy atom. The maximum absolute atomic E-state index is 9.83. The van der Waals surface area contributed by atoms with Gasteiger partial charge in [-0.2, -0.15) is 0 Å². The molecule has 15 heavy (non-hydrogen) atoms. The van der Waals surface area contributed by atoms with Crippen molar-refractivity contribution in [2.24, 2.45) is 5.73 Å². The summed E-state index contributed by atoms with van der Waals surface area (Å²) in [7, 11) is 1.49. The van der Waals surface area contributed by atoms with Crippen molar-refractivity contribution in [3.8, 4) is 11.5 Å². The quantitative estimate of drug-likeness (QED) is 0.689. The summed E-state index contributed by atoms with van der Waals surface area (Å²) in [5, 5.41) is 19.4. The minimum absolute atomic E-state index is 0.0694. The fourth-order valence-electron chi connectivity index (χ4n) is 1.48. The van der Waals surface area contributed by atoms with Crippen LogP contribution >= 0.6 is 0 Å². The molecule has 4 heteroatoms. The number of aromatic hydroxyl groups is 1. The maximum atomic E-state index is 9.83. The molecule has 0 saturated heterocycles. The van der Waals surface area contributed by atoms with Gasteiger partial charge in [0.2, 0.25) is 0 Å². The van der Waals surface area contributed by atoms with Gasteiger partial charge in [-0.25, -0.2) is 0 Å². The van der Waals surface area contributed by atoms with Crippen LogP contribution in [0.1, 0.15) is 18.4 Å². The molecule has 1 rings (SSSR count). The first-order valence-corrected chi connectivity index (χ1v) is 4.85. The Morgan fingerprint density at radius 1 is 1.47 bits per heavy atom. The molecule has 2 atom stereocenters. The van der Waals surface area contributed by atoms with Gasteiger partial charge in [0.1, 0.15) is 0 Å². The summed E-state index contributed by atoms with van der Waals surface area (Å²) in [5.41, 5.74) is 6.01. The second-order valence-electron chi connectivity index (χ2n) is 3.49. The zero-order valence-corrected chi connectivity index (χ0v) is 8.97. The lowest BCUT2D eigenvalue weighted by molar-refractivity contribution is 0.156. The number of para-hydroxylation sites is 1. The van der Waals surface area contributed by atoms with Gasteiger partial charge in [-0.15, -0.1) is 0 Å². The predicted octanol–water partition coefficient (Wildman–Crippen LogP) is 0.824. The molecule has 0 aliphatic heterocycles. The topological polar surface area (TPSA) is 75.7 Å². The summed E-state index contributed by atoms with van der Waals surface area (Å²) in [6.07, 6.45) is -0.664. The molecule has 0 fully saturated rings. The second kappa shape index (κ2) is 5.00. The Bertz CT molecular complexity index is 328. The molecule has 84 valence electrons. The van der Waals surface area contributed by atoms with Crippen LogP contribution in [0.15, 0.2) is 18.2 Å². The molecule has 4 N–H and O–H groups in total. The van der Waals surface area contributed by atoms with Gasteiger partial charge >= 0.3 is 0 Å². The molecule has 0 spiro atoms. The van der Waals surface area contributed by atoms with E-state index in [2.05, 4.69) is 0 Å². The fourth-order valence-corrected chi connectivity index (χ4v) is 1.48. The van der Waals surface area contributed by atoms with Gasteiger partial charge in [0.15, 0.2) is 11.5 Å². The van der Waals surface area contributed by atoms with Gasteiger partial charge in [0, 0.05) is 18.0 Å². The zero-order valence-electron chi connectivity index (χ0n) is 8.97. The third-order valence-corrected chi connectivity index (χ3v) is 2.56. The lowest BCUT2D eigenvalue weighted by Gasteiger charge is -2.19. The first-order valence-electron chi connectivity index (χ1n) is 4.85. The summed E-state index contributed by atoms with van der Waals surface area (Å²) >= 11 is 0. The molecule has 0 aromatic heterocycles. The van der Waals surface area contributed by atoms with Gasteiger partial charge in [-0.05, 0) is 6.07 Å². The van der Waals surface area contributed by atoms with Crippen LogP contribution in [0.25, 0.3) is 0 Å². The van der Waals surface area contributed by atoms with Crippen molar-refractivity contribution < 1.29 is 14.9 Å². The number of phenols is 1. The van der Waals surface area contributed by atoms with Crippen LogP contribution in [0.4, 0.5) is 0 Å². The van der Waals surface area contributed by atoms with Crippen LogP contribution < -0.4 is 10.5 Å². The second-order valence-corrected chi connectivity index (χ2v) is 3.49. The third kappa shape index (κ3) is 2.40. The molecular weight excluding hydrogens is 194 g/mol. The highest BCUT2D eigenvalue weighted by Gasteiger charge is 2.19. The number of ether oxygens (including phenoxy) is 1. The number of aliphatic hydroxyl groups is 1. The minimum Gasteiger partial charge on any atom is -0.504 e.